The predicted octanol–water partition coefficient (Wildman–Crippen LogP) is 1.67. The summed E-state index contributed by atoms with van der Waals surface area (Å²) in [6.07, 6.45) is 3.63. The van der Waals surface area contributed by atoms with Crippen LogP contribution in [0.25, 0.3) is 0 Å². The van der Waals surface area contributed by atoms with Gasteiger partial charge in [0.15, 0.2) is 0 Å². The van der Waals surface area contributed by atoms with Crippen molar-refractivity contribution >= 4 is 18.3 Å². The molecule has 0 saturated carbocycles. The molecule has 0 aliphatic carbocycles. The Morgan fingerprint density at radius 1 is 1.50 bits per heavy atom. The molecule has 0 aromatic carbocycles. The molecule has 2 heterocycles. The van der Waals surface area contributed by atoms with Crippen molar-refractivity contribution in [1.29, 1.82) is 0 Å². The summed E-state index contributed by atoms with van der Waals surface area (Å²) in [5.74, 6) is 0.650. The number of likely N-dealkylation sites (tertiary alicyclic amines) is 1. The van der Waals surface area contributed by atoms with E-state index in [2.05, 4.69) is 24.1 Å². The number of hydrogen-bond donors (Lipinski definition) is 1. The van der Waals surface area contributed by atoms with Crippen molar-refractivity contribution in [2.24, 2.45) is 11.3 Å². The van der Waals surface area contributed by atoms with Gasteiger partial charge >= 0.3 is 0 Å². The molecule has 0 radical (unpaired) electrons. The predicted molar refractivity (Wildman–Crippen MR) is 67.8 cm³/mol. The first kappa shape index (κ1) is 13.8. The van der Waals surface area contributed by atoms with E-state index in [9.17, 15) is 4.79 Å². The van der Waals surface area contributed by atoms with Crippen LogP contribution in [-0.4, -0.2) is 37.0 Å². The molecule has 2 aliphatic rings. The van der Waals surface area contributed by atoms with Gasteiger partial charge in [-0.25, -0.2) is 0 Å². The van der Waals surface area contributed by atoms with Gasteiger partial charge in [0, 0.05) is 26.2 Å². The van der Waals surface area contributed by atoms with Crippen molar-refractivity contribution in [2.45, 2.75) is 33.1 Å². The molecule has 1 N–H and O–H groups in total. The second kappa shape index (κ2) is 5.37. The summed E-state index contributed by atoms with van der Waals surface area (Å²) in [4.78, 5) is 14.2. The van der Waals surface area contributed by atoms with Crippen molar-refractivity contribution in [3.05, 3.63) is 0 Å². The Hall–Kier alpha value is -0.280. The minimum atomic E-state index is 0. The van der Waals surface area contributed by atoms with Crippen LogP contribution in [0, 0.1) is 11.3 Å². The number of rotatable bonds is 2. The maximum Gasteiger partial charge on any atom is 0.228 e. The highest BCUT2D eigenvalue weighted by atomic mass is 35.5. The fourth-order valence-corrected chi connectivity index (χ4v) is 2.51. The molecule has 1 atom stereocenters. The highest BCUT2D eigenvalue weighted by molar-refractivity contribution is 5.85. The standard InChI is InChI=1S/C12H22N2O.ClH/c1-3-12(2)5-4-6-14(9-12)11(15)10-7-13-8-10;/h10,13H,3-9H2,1-2H3;1H. The lowest BCUT2D eigenvalue weighted by molar-refractivity contribution is -0.140. The van der Waals surface area contributed by atoms with Crippen LogP contribution in [0.3, 0.4) is 0 Å². The van der Waals surface area contributed by atoms with Gasteiger partial charge in [-0.1, -0.05) is 13.8 Å². The topological polar surface area (TPSA) is 32.3 Å². The minimum absolute atomic E-state index is 0. The molecule has 2 saturated heterocycles. The van der Waals surface area contributed by atoms with E-state index in [0.717, 1.165) is 26.2 Å². The number of nitrogens with zero attached hydrogens (tertiary/aromatic N) is 1. The lowest BCUT2D eigenvalue weighted by atomic mass is 9.79. The quantitative estimate of drug-likeness (QED) is 0.804. The van der Waals surface area contributed by atoms with Crippen molar-refractivity contribution < 1.29 is 4.79 Å². The van der Waals surface area contributed by atoms with Gasteiger partial charge in [-0.2, -0.15) is 0 Å². The highest BCUT2D eigenvalue weighted by Gasteiger charge is 2.35. The lowest BCUT2D eigenvalue weighted by Gasteiger charge is -2.42. The normalized spacial score (nSPS) is 30.5. The summed E-state index contributed by atoms with van der Waals surface area (Å²) < 4.78 is 0. The lowest BCUT2D eigenvalue weighted by Crippen LogP contribution is -2.55. The number of halogens is 1. The smallest absolute Gasteiger partial charge is 0.228 e. The maximum atomic E-state index is 12.1. The Labute approximate surface area is 104 Å². The monoisotopic (exact) mass is 246 g/mol. The van der Waals surface area contributed by atoms with E-state index in [0.29, 0.717) is 11.3 Å². The van der Waals surface area contributed by atoms with Gasteiger partial charge in [0.05, 0.1) is 5.92 Å². The van der Waals surface area contributed by atoms with Crippen LogP contribution in [0.15, 0.2) is 0 Å². The molecule has 0 bridgehead atoms. The molecule has 2 fully saturated rings. The van der Waals surface area contributed by atoms with E-state index in [1.54, 1.807) is 0 Å². The van der Waals surface area contributed by atoms with Gasteiger partial charge in [0.25, 0.3) is 0 Å². The number of amides is 1. The Bertz CT molecular complexity index is 255. The first-order valence-corrected chi connectivity index (χ1v) is 6.14. The number of nitrogens with one attached hydrogen (secondary N) is 1. The van der Waals surface area contributed by atoms with Crippen molar-refractivity contribution in [1.82, 2.24) is 10.2 Å². The molecule has 0 spiro atoms. The van der Waals surface area contributed by atoms with Crippen LogP contribution < -0.4 is 5.32 Å². The first-order chi connectivity index (χ1) is 7.14. The van der Waals surface area contributed by atoms with Crippen molar-refractivity contribution in [3.63, 3.8) is 0 Å². The van der Waals surface area contributed by atoms with Gasteiger partial charge in [0.2, 0.25) is 5.91 Å². The number of piperidine rings is 1. The van der Waals surface area contributed by atoms with E-state index in [-0.39, 0.29) is 18.3 Å². The molecular formula is C12H23ClN2O. The zero-order valence-electron chi connectivity index (χ0n) is 10.3. The third kappa shape index (κ3) is 2.69. The van der Waals surface area contributed by atoms with Crippen LogP contribution in [0.5, 0.6) is 0 Å². The molecule has 0 aromatic rings. The molecule has 0 aromatic heterocycles. The summed E-state index contributed by atoms with van der Waals surface area (Å²) in [6, 6.07) is 0. The number of carbonyl (C=O) groups is 1. The van der Waals surface area contributed by atoms with E-state index >= 15 is 0 Å². The molecule has 1 unspecified atom stereocenters. The van der Waals surface area contributed by atoms with E-state index in [1.165, 1.54) is 19.3 Å². The van der Waals surface area contributed by atoms with E-state index in [1.807, 2.05) is 0 Å². The molecular weight excluding hydrogens is 224 g/mol. The summed E-state index contributed by atoms with van der Waals surface area (Å²) in [5, 5.41) is 3.17. The molecule has 4 heteroatoms. The van der Waals surface area contributed by atoms with E-state index < -0.39 is 0 Å². The molecule has 16 heavy (non-hydrogen) atoms. The van der Waals surface area contributed by atoms with E-state index in [4.69, 9.17) is 0 Å². The Morgan fingerprint density at radius 3 is 2.69 bits per heavy atom. The van der Waals surface area contributed by atoms with Gasteiger partial charge < -0.3 is 10.2 Å². The Kier molecular flexibility index (Phi) is 4.62. The first-order valence-electron chi connectivity index (χ1n) is 6.14. The van der Waals surface area contributed by atoms with Crippen LogP contribution in [0.2, 0.25) is 0 Å². The Balaban J connectivity index is 0.00000128. The summed E-state index contributed by atoms with van der Waals surface area (Å²) >= 11 is 0. The maximum absolute atomic E-state index is 12.1. The van der Waals surface area contributed by atoms with Gasteiger partial charge in [-0.05, 0) is 24.7 Å². The Morgan fingerprint density at radius 2 is 2.19 bits per heavy atom. The fourth-order valence-electron chi connectivity index (χ4n) is 2.51. The van der Waals surface area contributed by atoms with Gasteiger partial charge in [-0.3, -0.25) is 4.79 Å². The van der Waals surface area contributed by atoms with Gasteiger partial charge in [0.1, 0.15) is 0 Å². The average Bonchev–Trinajstić information content (AvgIpc) is 2.15. The highest BCUT2D eigenvalue weighted by Crippen LogP contribution is 2.33. The molecule has 1 amide bonds. The summed E-state index contributed by atoms with van der Waals surface area (Å²) in [6.45, 7) is 8.27. The second-order valence-electron chi connectivity index (χ2n) is 5.38. The number of carbonyl (C=O) groups excluding carboxylic acids is 1. The molecule has 2 aliphatic heterocycles. The zero-order valence-corrected chi connectivity index (χ0v) is 11.1. The minimum Gasteiger partial charge on any atom is -0.342 e. The molecule has 3 nitrogen and oxygen atoms in total. The summed E-state index contributed by atoms with van der Waals surface area (Å²) in [5.41, 5.74) is 0.366. The third-order valence-electron chi connectivity index (χ3n) is 4.08. The largest absolute Gasteiger partial charge is 0.342 e. The molecule has 2 rings (SSSR count). The van der Waals surface area contributed by atoms with Crippen LogP contribution in [-0.2, 0) is 4.79 Å². The van der Waals surface area contributed by atoms with Crippen LogP contribution in [0.1, 0.15) is 33.1 Å². The average molecular weight is 247 g/mol. The third-order valence-corrected chi connectivity index (χ3v) is 4.08. The summed E-state index contributed by atoms with van der Waals surface area (Å²) in [7, 11) is 0. The zero-order chi connectivity index (χ0) is 10.9. The van der Waals surface area contributed by atoms with Crippen LogP contribution >= 0.6 is 12.4 Å². The van der Waals surface area contributed by atoms with Crippen LogP contribution in [0.4, 0.5) is 0 Å². The number of hydrogen-bond acceptors (Lipinski definition) is 2. The fraction of sp³-hybridized carbons (Fsp3) is 0.917. The SMILES string of the molecule is CCC1(C)CCCN(C(=O)C2CNC2)C1.Cl. The molecule has 94 valence electrons. The van der Waals surface area contributed by atoms with Crippen molar-refractivity contribution in [3.8, 4) is 0 Å². The van der Waals surface area contributed by atoms with Gasteiger partial charge in [-0.15, -0.1) is 12.4 Å². The van der Waals surface area contributed by atoms with Crippen molar-refractivity contribution in [2.75, 3.05) is 26.2 Å². The second-order valence-corrected chi connectivity index (χ2v) is 5.38.